The number of hydrogen-bond donors (Lipinski definition) is 1. The highest BCUT2D eigenvalue weighted by molar-refractivity contribution is 9.09. The van der Waals surface area contributed by atoms with Gasteiger partial charge < -0.3 is 0 Å². The lowest BCUT2D eigenvalue weighted by Gasteiger charge is -2.07. The number of hydrogen-bond acceptors (Lipinski definition) is 3. The Morgan fingerprint density at radius 2 is 1.95 bits per heavy atom. The van der Waals surface area contributed by atoms with Crippen molar-refractivity contribution < 1.29 is 8.42 Å². The van der Waals surface area contributed by atoms with E-state index in [4.69, 9.17) is 11.6 Å². The van der Waals surface area contributed by atoms with Gasteiger partial charge in [0.15, 0.2) is 0 Å². The van der Waals surface area contributed by atoms with Gasteiger partial charge in [-0.1, -0.05) is 39.7 Å². The highest BCUT2D eigenvalue weighted by atomic mass is 79.9. The number of anilines is 1. The monoisotopic (exact) mass is 393 g/mol. The van der Waals surface area contributed by atoms with Crippen molar-refractivity contribution in [2.75, 3.05) is 10.1 Å². The second-order valence-electron chi connectivity index (χ2n) is 4.26. The van der Waals surface area contributed by atoms with Gasteiger partial charge in [-0.25, -0.2) is 8.42 Å². The Morgan fingerprint density at radius 3 is 2.45 bits per heavy atom. The van der Waals surface area contributed by atoms with Crippen LogP contribution in [0.5, 0.6) is 0 Å². The predicted molar refractivity (Wildman–Crippen MR) is 88.8 cm³/mol. The molecule has 108 valence electrons. The van der Waals surface area contributed by atoms with Gasteiger partial charge in [0.2, 0.25) is 0 Å². The van der Waals surface area contributed by atoms with Gasteiger partial charge in [0.05, 0.1) is 4.34 Å². The molecule has 20 heavy (non-hydrogen) atoms. The third-order valence-corrected chi connectivity index (χ3v) is 6.50. The van der Waals surface area contributed by atoms with Crippen LogP contribution in [-0.2, 0) is 16.4 Å². The molecule has 0 amide bonds. The van der Waals surface area contributed by atoms with Crippen molar-refractivity contribution in [1.82, 2.24) is 0 Å². The number of rotatable bonds is 5. The van der Waals surface area contributed by atoms with E-state index in [-0.39, 0.29) is 4.21 Å². The Hall–Kier alpha value is -0.560. The molecular formula is C13H13BrClNO2S2. The summed E-state index contributed by atoms with van der Waals surface area (Å²) >= 11 is 10.3. The fourth-order valence-electron chi connectivity index (χ4n) is 1.62. The van der Waals surface area contributed by atoms with E-state index in [0.29, 0.717) is 10.0 Å². The minimum absolute atomic E-state index is 0.226. The summed E-state index contributed by atoms with van der Waals surface area (Å²) in [7, 11) is -3.57. The molecule has 0 aliphatic rings. The predicted octanol–water partition coefficient (Wildman–Crippen LogP) is 4.45. The fourth-order valence-corrected chi connectivity index (χ4v) is 4.84. The maximum Gasteiger partial charge on any atom is 0.271 e. The largest absolute Gasteiger partial charge is 0.279 e. The molecule has 1 heterocycles. The molecule has 0 fully saturated rings. The van der Waals surface area contributed by atoms with E-state index in [1.54, 1.807) is 25.1 Å². The van der Waals surface area contributed by atoms with Crippen molar-refractivity contribution in [1.29, 1.82) is 0 Å². The first-order chi connectivity index (χ1) is 9.42. The van der Waals surface area contributed by atoms with Gasteiger partial charge in [0.1, 0.15) is 4.21 Å². The van der Waals surface area contributed by atoms with Crippen molar-refractivity contribution in [2.24, 2.45) is 0 Å². The van der Waals surface area contributed by atoms with E-state index in [0.717, 1.165) is 34.2 Å². The molecule has 0 aliphatic heterocycles. The third kappa shape index (κ3) is 3.75. The van der Waals surface area contributed by atoms with Crippen molar-refractivity contribution in [2.45, 2.75) is 17.6 Å². The van der Waals surface area contributed by atoms with Crippen LogP contribution in [0.25, 0.3) is 0 Å². The van der Waals surface area contributed by atoms with E-state index in [2.05, 4.69) is 20.7 Å². The van der Waals surface area contributed by atoms with Crippen molar-refractivity contribution >= 4 is 54.6 Å². The first-order valence-corrected chi connectivity index (χ1v) is 9.66. The first-order valence-electron chi connectivity index (χ1n) is 5.86. The molecular weight excluding hydrogens is 382 g/mol. The lowest BCUT2D eigenvalue weighted by Crippen LogP contribution is -2.11. The highest BCUT2D eigenvalue weighted by Gasteiger charge is 2.18. The fraction of sp³-hybridized carbons (Fsp3) is 0.231. The Kier molecular flexibility index (Phi) is 5.12. The molecule has 2 rings (SSSR count). The van der Waals surface area contributed by atoms with Crippen LogP contribution in [0.3, 0.4) is 0 Å². The minimum atomic E-state index is -3.57. The van der Waals surface area contributed by atoms with E-state index < -0.39 is 10.0 Å². The zero-order valence-corrected chi connectivity index (χ0v) is 14.7. The summed E-state index contributed by atoms with van der Waals surface area (Å²) in [6.07, 6.45) is 0.909. The Labute approximate surface area is 136 Å². The second-order valence-corrected chi connectivity index (χ2v) is 8.62. The smallest absolute Gasteiger partial charge is 0.271 e. The first kappa shape index (κ1) is 15.8. The minimum Gasteiger partial charge on any atom is -0.279 e. The molecule has 0 aliphatic carbocycles. The summed E-state index contributed by atoms with van der Waals surface area (Å²) in [5.74, 6) is 0. The van der Waals surface area contributed by atoms with Crippen LogP contribution in [0.4, 0.5) is 5.69 Å². The van der Waals surface area contributed by atoms with Gasteiger partial charge in [-0.3, -0.25) is 4.72 Å². The molecule has 1 N–H and O–H groups in total. The van der Waals surface area contributed by atoms with Gasteiger partial charge >= 0.3 is 0 Å². The van der Waals surface area contributed by atoms with Crippen LogP contribution in [0.2, 0.25) is 4.34 Å². The van der Waals surface area contributed by atoms with Gasteiger partial charge in [-0.05, 0) is 42.7 Å². The molecule has 1 aromatic heterocycles. The van der Waals surface area contributed by atoms with E-state index in [9.17, 15) is 8.42 Å². The zero-order chi connectivity index (χ0) is 14.8. The Balaban J connectivity index is 2.19. The molecule has 0 saturated heterocycles. The summed E-state index contributed by atoms with van der Waals surface area (Å²) < 4.78 is 27.7. The molecule has 0 radical (unpaired) electrons. The molecule has 1 aromatic carbocycles. The maximum atomic E-state index is 12.2. The number of benzene rings is 1. The number of halogens is 2. The molecule has 7 heteroatoms. The van der Waals surface area contributed by atoms with E-state index >= 15 is 0 Å². The van der Waals surface area contributed by atoms with Gasteiger partial charge in [0.25, 0.3) is 10.0 Å². The summed E-state index contributed by atoms with van der Waals surface area (Å²) in [4.78, 5) is 0. The van der Waals surface area contributed by atoms with Gasteiger partial charge in [-0.15, -0.1) is 11.3 Å². The van der Waals surface area contributed by atoms with Gasteiger partial charge in [-0.2, -0.15) is 0 Å². The van der Waals surface area contributed by atoms with Crippen LogP contribution in [0.1, 0.15) is 11.1 Å². The summed E-state index contributed by atoms with van der Waals surface area (Å²) in [5.41, 5.74) is 2.47. The van der Waals surface area contributed by atoms with Crippen LogP contribution in [-0.4, -0.2) is 13.7 Å². The van der Waals surface area contributed by atoms with Gasteiger partial charge in [0, 0.05) is 11.0 Å². The SMILES string of the molecule is Cc1cc(S(=O)(=O)Nc2ccc(CCBr)cc2)sc1Cl. The average molecular weight is 395 g/mol. The van der Waals surface area contributed by atoms with E-state index in [1.807, 2.05) is 12.1 Å². The van der Waals surface area contributed by atoms with Crippen LogP contribution in [0, 0.1) is 6.92 Å². The topological polar surface area (TPSA) is 46.2 Å². The van der Waals surface area contributed by atoms with Crippen LogP contribution >= 0.6 is 38.9 Å². The number of nitrogens with one attached hydrogen (secondary N) is 1. The maximum absolute atomic E-state index is 12.2. The Morgan fingerprint density at radius 1 is 1.30 bits per heavy atom. The van der Waals surface area contributed by atoms with Crippen LogP contribution in [0.15, 0.2) is 34.5 Å². The zero-order valence-electron chi connectivity index (χ0n) is 10.7. The number of thiophene rings is 1. The number of sulfonamides is 1. The summed E-state index contributed by atoms with van der Waals surface area (Å²) in [6, 6.07) is 8.92. The third-order valence-electron chi connectivity index (χ3n) is 2.69. The van der Waals surface area contributed by atoms with E-state index in [1.165, 1.54) is 0 Å². The molecule has 0 atom stereocenters. The van der Waals surface area contributed by atoms with Crippen molar-refractivity contribution in [3.8, 4) is 0 Å². The molecule has 0 unspecified atom stereocenters. The average Bonchev–Trinajstić information content (AvgIpc) is 2.73. The molecule has 0 saturated carbocycles. The lowest BCUT2D eigenvalue weighted by molar-refractivity contribution is 0.603. The second kappa shape index (κ2) is 6.47. The number of aryl methyl sites for hydroxylation is 2. The van der Waals surface area contributed by atoms with Crippen molar-refractivity contribution in [3.05, 3.63) is 45.8 Å². The summed E-state index contributed by atoms with van der Waals surface area (Å²) in [5, 5.41) is 0.880. The quantitative estimate of drug-likeness (QED) is 0.762. The Bertz CT molecular complexity index is 676. The summed E-state index contributed by atoms with van der Waals surface area (Å²) in [6.45, 7) is 1.78. The lowest BCUT2D eigenvalue weighted by atomic mass is 10.2. The van der Waals surface area contributed by atoms with Crippen LogP contribution < -0.4 is 4.72 Å². The molecule has 3 nitrogen and oxygen atoms in total. The highest BCUT2D eigenvalue weighted by Crippen LogP contribution is 2.31. The standard InChI is InChI=1S/C13H13BrClNO2S2/c1-9-8-12(19-13(9)15)20(17,18)16-11-4-2-10(3-5-11)6-7-14/h2-5,8,16H,6-7H2,1H3. The molecule has 0 bridgehead atoms. The molecule has 2 aromatic rings. The van der Waals surface area contributed by atoms with Crippen molar-refractivity contribution in [3.63, 3.8) is 0 Å². The number of alkyl halides is 1. The molecule has 0 spiro atoms. The normalized spacial score (nSPS) is 11.6.